The molecule has 0 radical (unpaired) electrons. The molecule has 29 heavy (non-hydrogen) atoms. The van der Waals surface area contributed by atoms with Crippen LogP contribution < -0.4 is 4.72 Å². The summed E-state index contributed by atoms with van der Waals surface area (Å²) in [5.41, 5.74) is 1.06. The number of nitrogens with one attached hydrogen (secondary N) is 1. The molecule has 6 nitrogen and oxygen atoms in total. The van der Waals surface area contributed by atoms with Crippen molar-refractivity contribution in [3.8, 4) is 0 Å². The highest BCUT2D eigenvalue weighted by Gasteiger charge is 2.28. The third kappa shape index (κ3) is 5.80. The van der Waals surface area contributed by atoms with Crippen molar-refractivity contribution in [2.45, 2.75) is 69.2 Å². The van der Waals surface area contributed by atoms with E-state index in [9.17, 15) is 13.2 Å². The van der Waals surface area contributed by atoms with E-state index in [1.165, 1.54) is 25.9 Å². The number of rotatable bonds is 6. The maximum Gasteiger partial charge on any atom is 0.240 e. The summed E-state index contributed by atoms with van der Waals surface area (Å²) in [5, 5.41) is 0. The van der Waals surface area contributed by atoms with Crippen LogP contribution in [0.25, 0.3) is 0 Å². The Bertz CT molecular complexity index is 786. The Hall–Kier alpha value is -1.44. The van der Waals surface area contributed by atoms with Gasteiger partial charge in [0, 0.05) is 32.1 Å². The van der Waals surface area contributed by atoms with E-state index in [1.807, 2.05) is 17.0 Å². The van der Waals surface area contributed by atoms with Crippen LogP contribution in [0.15, 0.2) is 29.2 Å². The molecule has 0 aromatic heterocycles. The van der Waals surface area contributed by atoms with Crippen LogP contribution in [0.1, 0.15) is 58.4 Å². The van der Waals surface area contributed by atoms with Gasteiger partial charge >= 0.3 is 0 Å². The van der Waals surface area contributed by atoms with Gasteiger partial charge in [0.05, 0.1) is 4.90 Å². The first kappa shape index (κ1) is 22.2. The molecule has 0 saturated carbocycles. The number of benzene rings is 1. The van der Waals surface area contributed by atoms with E-state index in [0.29, 0.717) is 6.04 Å². The molecule has 0 bridgehead atoms. The van der Waals surface area contributed by atoms with E-state index in [1.54, 1.807) is 12.1 Å². The topological polar surface area (TPSA) is 69.7 Å². The fraction of sp³-hybridized carbons (Fsp3) is 0.682. The zero-order valence-corrected chi connectivity index (χ0v) is 18.8. The maximum absolute atomic E-state index is 12.5. The molecule has 2 heterocycles. The Balaban J connectivity index is 1.44. The Morgan fingerprint density at radius 1 is 1.03 bits per heavy atom. The van der Waals surface area contributed by atoms with E-state index in [0.717, 1.165) is 31.5 Å². The lowest BCUT2D eigenvalue weighted by Crippen LogP contribution is -2.46. The molecule has 2 fully saturated rings. The largest absolute Gasteiger partial charge is 0.343 e. The van der Waals surface area contributed by atoms with Crippen molar-refractivity contribution in [3.63, 3.8) is 0 Å². The van der Waals surface area contributed by atoms with Gasteiger partial charge in [-0.05, 0) is 61.9 Å². The number of carbonyl (C=O) groups is 1. The van der Waals surface area contributed by atoms with Crippen LogP contribution in [0.4, 0.5) is 0 Å². The lowest BCUT2D eigenvalue weighted by Gasteiger charge is -2.36. The van der Waals surface area contributed by atoms with Crippen molar-refractivity contribution in [2.24, 2.45) is 0 Å². The zero-order valence-electron chi connectivity index (χ0n) is 18.0. The molecule has 1 amide bonds. The molecule has 162 valence electrons. The van der Waals surface area contributed by atoms with Crippen molar-refractivity contribution in [1.29, 1.82) is 0 Å². The minimum Gasteiger partial charge on any atom is -0.343 e. The first-order valence-electron chi connectivity index (χ1n) is 10.8. The van der Waals surface area contributed by atoms with Gasteiger partial charge in [-0.2, -0.15) is 0 Å². The lowest BCUT2D eigenvalue weighted by atomic mass is 9.87. The van der Waals surface area contributed by atoms with Gasteiger partial charge in [0.15, 0.2) is 0 Å². The summed E-state index contributed by atoms with van der Waals surface area (Å²) in [7, 11) is -3.60. The Morgan fingerprint density at radius 2 is 1.62 bits per heavy atom. The second kappa shape index (κ2) is 9.14. The highest BCUT2D eigenvalue weighted by atomic mass is 32.2. The van der Waals surface area contributed by atoms with Crippen LogP contribution in [0.5, 0.6) is 0 Å². The SMILES string of the molecule is CC(C)(C)c1ccc(S(=O)(=O)NCCC(=O)N2CCC(N3CCCC3)CC2)cc1. The average molecular weight is 422 g/mol. The third-order valence-electron chi connectivity index (χ3n) is 6.14. The molecule has 1 N–H and O–H groups in total. The normalized spacial score (nSPS) is 19.6. The molecular formula is C22H35N3O3S. The van der Waals surface area contributed by atoms with Crippen LogP contribution in [-0.4, -0.2) is 62.9 Å². The number of carbonyl (C=O) groups excluding carboxylic acids is 1. The number of sulfonamides is 1. The first-order valence-corrected chi connectivity index (χ1v) is 12.3. The second-order valence-electron chi connectivity index (χ2n) is 9.28. The first-order chi connectivity index (χ1) is 13.7. The molecule has 0 atom stereocenters. The minimum atomic E-state index is -3.60. The van der Waals surface area contributed by atoms with E-state index in [4.69, 9.17) is 0 Å². The van der Waals surface area contributed by atoms with Gasteiger partial charge in [-0.1, -0.05) is 32.9 Å². The fourth-order valence-corrected chi connectivity index (χ4v) is 5.29. The van der Waals surface area contributed by atoms with Crippen molar-refractivity contribution in [1.82, 2.24) is 14.5 Å². The molecule has 2 aliphatic heterocycles. The Labute approximate surface area is 175 Å². The van der Waals surface area contributed by atoms with Crippen LogP contribution in [-0.2, 0) is 20.2 Å². The Kier molecular flexibility index (Phi) is 7.02. The summed E-state index contributed by atoms with van der Waals surface area (Å²) in [5.74, 6) is 0.0376. The molecule has 1 aromatic rings. The van der Waals surface area contributed by atoms with Gasteiger partial charge < -0.3 is 9.80 Å². The molecular weight excluding hydrogens is 386 g/mol. The quantitative estimate of drug-likeness (QED) is 0.767. The van der Waals surface area contributed by atoms with E-state index < -0.39 is 10.0 Å². The number of amides is 1. The summed E-state index contributed by atoms with van der Waals surface area (Å²) in [4.78, 5) is 17.2. The second-order valence-corrected chi connectivity index (χ2v) is 11.0. The van der Waals surface area contributed by atoms with E-state index in [2.05, 4.69) is 30.4 Å². The summed E-state index contributed by atoms with van der Waals surface area (Å²) in [6.07, 6.45) is 4.83. The molecule has 0 unspecified atom stereocenters. The highest BCUT2D eigenvalue weighted by molar-refractivity contribution is 7.89. The molecule has 2 aliphatic rings. The monoisotopic (exact) mass is 421 g/mol. The number of piperidine rings is 1. The molecule has 1 aromatic carbocycles. The van der Waals surface area contributed by atoms with Crippen LogP contribution in [0, 0.1) is 0 Å². The Morgan fingerprint density at radius 3 is 2.17 bits per heavy atom. The smallest absolute Gasteiger partial charge is 0.240 e. The average Bonchev–Trinajstić information content (AvgIpc) is 3.22. The van der Waals surface area contributed by atoms with Crippen LogP contribution in [0.2, 0.25) is 0 Å². The number of nitrogens with zero attached hydrogens (tertiary/aromatic N) is 2. The lowest BCUT2D eigenvalue weighted by molar-refractivity contribution is -0.132. The number of hydrogen-bond acceptors (Lipinski definition) is 4. The van der Waals surface area contributed by atoms with Gasteiger partial charge in [0.25, 0.3) is 0 Å². The van der Waals surface area contributed by atoms with Gasteiger partial charge in [-0.25, -0.2) is 13.1 Å². The van der Waals surface area contributed by atoms with E-state index in [-0.39, 0.29) is 29.2 Å². The molecule has 0 aliphatic carbocycles. The van der Waals surface area contributed by atoms with Crippen molar-refractivity contribution in [2.75, 3.05) is 32.7 Å². The third-order valence-corrected chi connectivity index (χ3v) is 7.61. The van der Waals surface area contributed by atoms with Crippen molar-refractivity contribution < 1.29 is 13.2 Å². The van der Waals surface area contributed by atoms with Gasteiger partial charge in [0.1, 0.15) is 0 Å². The zero-order chi connectivity index (χ0) is 21.1. The van der Waals surface area contributed by atoms with Crippen molar-refractivity contribution >= 4 is 15.9 Å². The van der Waals surface area contributed by atoms with Crippen LogP contribution in [0.3, 0.4) is 0 Å². The molecule has 7 heteroatoms. The van der Waals surface area contributed by atoms with Crippen LogP contribution >= 0.6 is 0 Å². The standard InChI is InChI=1S/C22H35N3O3S/c1-22(2,3)18-6-8-20(9-7-18)29(27,28)23-13-10-21(26)25-16-11-19(12-17-25)24-14-4-5-15-24/h6-9,19,23H,4-5,10-17H2,1-3H3. The number of likely N-dealkylation sites (tertiary alicyclic amines) is 2. The summed E-state index contributed by atoms with van der Waals surface area (Å²) in [6.45, 7) is 10.3. The van der Waals surface area contributed by atoms with E-state index >= 15 is 0 Å². The number of hydrogen-bond donors (Lipinski definition) is 1. The van der Waals surface area contributed by atoms with Gasteiger partial charge in [0.2, 0.25) is 15.9 Å². The molecule has 0 spiro atoms. The summed E-state index contributed by atoms with van der Waals surface area (Å²) < 4.78 is 27.6. The van der Waals surface area contributed by atoms with Crippen molar-refractivity contribution in [3.05, 3.63) is 29.8 Å². The highest BCUT2D eigenvalue weighted by Crippen LogP contribution is 2.24. The molecule has 2 saturated heterocycles. The minimum absolute atomic E-state index is 0.0234. The van der Waals surface area contributed by atoms with Gasteiger partial charge in [-0.3, -0.25) is 4.79 Å². The summed E-state index contributed by atoms with van der Waals surface area (Å²) >= 11 is 0. The summed E-state index contributed by atoms with van der Waals surface area (Å²) in [6, 6.07) is 7.58. The van der Waals surface area contributed by atoms with Gasteiger partial charge in [-0.15, -0.1) is 0 Å². The molecule has 3 rings (SSSR count). The maximum atomic E-state index is 12.5. The fourth-order valence-electron chi connectivity index (χ4n) is 4.26. The predicted octanol–water partition coefficient (Wildman–Crippen LogP) is 2.74. The predicted molar refractivity (Wildman–Crippen MR) is 115 cm³/mol.